The van der Waals surface area contributed by atoms with Crippen molar-refractivity contribution in [2.75, 3.05) is 0 Å². The lowest BCUT2D eigenvalue weighted by Gasteiger charge is -2.04. The van der Waals surface area contributed by atoms with Gasteiger partial charge in [-0.15, -0.1) is 5.10 Å². The predicted molar refractivity (Wildman–Crippen MR) is 86.4 cm³/mol. The number of hydrogen-bond donors (Lipinski definition) is 2. The van der Waals surface area contributed by atoms with Gasteiger partial charge in [0, 0.05) is 5.56 Å². The Bertz CT molecular complexity index is 940. The number of carbonyl (C=O) groups excluding carboxylic acids is 1. The minimum atomic E-state index is -0.168. The molecule has 0 fully saturated rings. The highest BCUT2D eigenvalue weighted by atomic mass is 16.1. The third kappa shape index (κ3) is 2.72. The fourth-order valence-corrected chi connectivity index (χ4v) is 2.40. The molecule has 0 spiro atoms. The van der Waals surface area contributed by atoms with E-state index >= 15 is 0 Å². The Kier molecular flexibility index (Phi) is 3.47. The van der Waals surface area contributed by atoms with E-state index in [9.17, 15) is 4.79 Å². The molecule has 0 aliphatic carbocycles. The van der Waals surface area contributed by atoms with Crippen molar-refractivity contribution in [3.63, 3.8) is 0 Å². The van der Waals surface area contributed by atoms with Crippen LogP contribution in [0.1, 0.15) is 16.2 Å². The molecule has 1 amide bonds. The molecule has 4 rings (SSSR count). The van der Waals surface area contributed by atoms with E-state index in [4.69, 9.17) is 0 Å². The number of H-pyrrole nitrogens is 1. The fourth-order valence-electron chi connectivity index (χ4n) is 2.40. The molecular weight excluding hydrogens is 306 g/mol. The first-order chi connectivity index (χ1) is 11.8. The third-order valence-electron chi connectivity index (χ3n) is 3.60. The SMILES string of the molecule is O=C(NCc1nc2ccccc2[nH]1)c1ccc(-n2cnnn2)cc1. The first-order valence-corrected chi connectivity index (χ1v) is 7.35. The van der Waals surface area contributed by atoms with Gasteiger partial charge in [0.2, 0.25) is 0 Å². The molecule has 24 heavy (non-hydrogen) atoms. The van der Waals surface area contributed by atoms with Crippen LogP contribution in [0.4, 0.5) is 0 Å². The molecule has 4 aromatic rings. The number of fused-ring (bicyclic) bond motifs is 1. The van der Waals surface area contributed by atoms with Crippen molar-refractivity contribution in [3.8, 4) is 5.69 Å². The number of imidazole rings is 1. The van der Waals surface area contributed by atoms with Gasteiger partial charge in [-0.25, -0.2) is 9.67 Å². The molecule has 0 bridgehead atoms. The third-order valence-corrected chi connectivity index (χ3v) is 3.60. The molecule has 2 aromatic carbocycles. The Hall–Kier alpha value is -3.55. The minimum absolute atomic E-state index is 0.168. The van der Waals surface area contributed by atoms with Crippen molar-refractivity contribution in [2.24, 2.45) is 0 Å². The highest BCUT2D eigenvalue weighted by Gasteiger charge is 2.08. The number of aromatic nitrogens is 6. The van der Waals surface area contributed by atoms with E-state index in [0.717, 1.165) is 22.5 Å². The van der Waals surface area contributed by atoms with Crippen molar-refractivity contribution in [1.82, 2.24) is 35.5 Å². The molecule has 2 N–H and O–H groups in total. The second kappa shape index (κ2) is 5.92. The van der Waals surface area contributed by atoms with Crippen LogP contribution in [-0.4, -0.2) is 36.1 Å². The number of amides is 1. The van der Waals surface area contributed by atoms with Gasteiger partial charge in [0.25, 0.3) is 5.91 Å². The zero-order valence-corrected chi connectivity index (χ0v) is 12.5. The summed E-state index contributed by atoms with van der Waals surface area (Å²) in [5.41, 5.74) is 3.18. The van der Waals surface area contributed by atoms with E-state index in [1.165, 1.54) is 11.0 Å². The number of nitrogens with one attached hydrogen (secondary N) is 2. The molecule has 0 saturated carbocycles. The van der Waals surface area contributed by atoms with Crippen molar-refractivity contribution in [3.05, 3.63) is 66.2 Å². The molecule has 0 aliphatic heterocycles. The normalized spacial score (nSPS) is 10.8. The van der Waals surface area contributed by atoms with Crippen LogP contribution in [0, 0.1) is 0 Å². The molecule has 0 aliphatic rings. The van der Waals surface area contributed by atoms with Crippen LogP contribution >= 0.6 is 0 Å². The van der Waals surface area contributed by atoms with Gasteiger partial charge in [0.15, 0.2) is 0 Å². The molecule has 0 radical (unpaired) electrons. The second-order valence-corrected chi connectivity index (χ2v) is 5.18. The Balaban J connectivity index is 1.44. The summed E-state index contributed by atoms with van der Waals surface area (Å²) in [4.78, 5) is 19.8. The maximum atomic E-state index is 12.2. The largest absolute Gasteiger partial charge is 0.345 e. The van der Waals surface area contributed by atoms with Gasteiger partial charge in [-0.05, 0) is 46.8 Å². The van der Waals surface area contributed by atoms with Crippen LogP contribution in [0.5, 0.6) is 0 Å². The summed E-state index contributed by atoms with van der Waals surface area (Å²) in [6, 6.07) is 14.8. The van der Waals surface area contributed by atoms with Crippen molar-refractivity contribution < 1.29 is 4.79 Å². The molecule has 0 atom stereocenters. The number of tetrazole rings is 1. The zero-order chi connectivity index (χ0) is 16.4. The van der Waals surface area contributed by atoms with Crippen LogP contribution in [-0.2, 0) is 6.54 Å². The fraction of sp³-hybridized carbons (Fsp3) is 0.0625. The Morgan fingerprint density at radius 1 is 1.12 bits per heavy atom. The molecule has 2 heterocycles. The average molecular weight is 319 g/mol. The first kappa shape index (κ1) is 14.1. The van der Waals surface area contributed by atoms with E-state index < -0.39 is 0 Å². The number of nitrogens with zero attached hydrogens (tertiary/aromatic N) is 5. The van der Waals surface area contributed by atoms with Gasteiger partial charge in [0.1, 0.15) is 12.2 Å². The maximum Gasteiger partial charge on any atom is 0.251 e. The van der Waals surface area contributed by atoms with Crippen molar-refractivity contribution in [2.45, 2.75) is 6.54 Å². The van der Waals surface area contributed by atoms with Gasteiger partial charge in [0.05, 0.1) is 23.3 Å². The maximum absolute atomic E-state index is 12.2. The molecule has 8 heteroatoms. The molecule has 2 aromatic heterocycles. The molecule has 0 unspecified atom stereocenters. The first-order valence-electron chi connectivity index (χ1n) is 7.35. The molecule has 8 nitrogen and oxygen atoms in total. The lowest BCUT2D eigenvalue weighted by molar-refractivity contribution is 0.0950. The predicted octanol–water partition coefficient (Wildman–Crippen LogP) is 1.47. The van der Waals surface area contributed by atoms with Gasteiger partial charge < -0.3 is 10.3 Å². The summed E-state index contributed by atoms with van der Waals surface area (Å²) in [6.07, 6.45) is 1.50. The molecule has 0 saturated heterocycles. The van der Waals surface area contributed by atoms with Crippen molar-refractivity contribution in [1.29, 1.82) is 0 Å². The topological polar surface area (TPSA) is 101 Å². The summed E-state index contributed by atoms with van der Waals surface area (Å²) in [7, 11) is 0. The molecule has 118 valence electrons. The number of carbonyl (C=O) groups is 1. The Labute approximate surface area is 136 Å². The summed E-state index contributed by atoms with van der Waals surface area (Å²) < 4.78 is 1.52. The summed E-state index contributed by atoms with van der Waals surface area (Å²) in [5, 5.41) is 13.8. The van der Waals surface area contributed by atoms with E-state index in [1.807, 2.05) is 24.3 Å². The number of para-hydroxylation sites is 2. The lowest BCUT2D eigenvalue weighted by atomic mass is 10.2. The second-order valence-electron chi connectivity index (χ2n) is 5.18. The van der Waals surface area contributed by atoms with Crippen LogP contribution < -0.4 is 5.32 Å². The smallest absolute Gasteiger partial charge is 0.251 e. The summed E-state index contributed by atoms with van der Waals surface area (Å²) in [5.74, 6) is 0.550. The van der Waals surface area contributed by atoms with Crippen LogP contribution in [0.25, 0.3) is 16.7 Å². The van der Waals surface area contributed by atoms with Gasteiger partial charge in [-0.3, -0.25) is 4.79 Å². The highest BCUT2D eigenvalue weighted by molar-refractivity contribution is 5.94. The van der Waals surface area contributed by atoms with Gasteiger partial charge >= 0.3 is 0 Å². The standard InChI is InChI=1S/C16H13N7O/c24-16(11-5-7-12(8-6-11)23-10-18-21-22-23)17-9-15-19-13-3-1-2-4-14(13)20-15/h1-8,10H,9H2,(H,17,24)(H,19,20). The van der Waals surface area contributed by atoms with Crippen molar-refractivity contribution >= 4 is 16.9 Å². The number of rotatable bonds is 4. The monoisotopic (exact) mass is 319 g/mol. The van der Waals surface area contributed by atoms with E-state index in [2.05, 4.69) is 30.8 Å². The number of benzene rings is 2. The zero-order valence-electron chi connectivity index (χ0n) is 12.5. The van der Waals surface area contributed by atoms with E-state index in [0.29, 0.717) is 12.1 Å². The van der Waals surface area contributed by atoms with E-state index in [-0.39, 0.29) is 5.91 Å². The Morgan fingerprint density at radius 3 is 2.71 bits per heavy atom. The minimum Gasteiger partial charge on any atom is -0.345 e. The quantitative estimate of drug-likeness (QED) is 0.593. The molecular formula is C16H13N7O. The lowest BCUT2D eigenvalue weighted by Crippen LogP contribution is -2.23. The summed E-state index contributed by atoms with van der Waals surface area (Å²) >= 11 is 0. The van der Waals surface area contributed by atoms with E-state index in [1.54, 1.807) is 24.3 Å². The van der Waals surface area contributed by atoms with Crippen LogP contribution in [0.15, 0.2) is 54.9 Å². The Morgan fingerprint density at radius 2 is 1.96 bits per heavy atom. The average Bonchev–Trinajstić information content (AvgIpc) is 3.29. The number of hydrogen-bond acceptors (Lipinski definition) is 5. The van der Waals surface area contributed by atoms with Crippen LogP contribution in [0.3, 0.4) is 0 Å². The van der Waals surface area contributed by atoms with Gasteiger partial charge in [-0.1, -0.05) is 12.1 Å². The summed E-state index contributed by atoms with van der Waals surface area (Å²) in [6.45, 7) is 0.336. The van der Waals surface area contributed by atoms with Gasteiger partial charge in [-0.2, -0.15) is 0 Å². The number of aromatic amines is 1. The van der Waals surface area contributed by atoms with Crippen LogP contribution in [0.2, 0.25) is 0 Å². The highest BCUT2D eigenvalue weighted by Crippen LogP contribution is 2.11.